The van der Waals surface area contributed by atoms with Gasteiger partial charge < -0.3 is 5.32 Å². The number of nitrogens with one attached hydrogen (secondary N) is 1. The fourth-order valence-corrected chi connectivity index (χ4v) is 2.59. The Morgan fingerprint density at radius 3 is 2.21 bits per heavy atom. The van der Waals surface area contributed by atoms with Crippen molar-refractivity contribution in [3.05, 3.63) is 70.5 Å². The van der Waals surface area contributed by atoms with E-state index in [4.69, 9.17) is 5.26 Å². The molecule has 0 aromatic heterocycles. The van der Waals surface area contributed by atoms with Crippen molar-refractivity contribution < 1.29 is 27.2 Å². The van der Waals surface area contributed by atoms with Crippen molar-refractivity contribution >= 4 is 11.7 Å². The summed E-state index contributed by atoms with van der Waals surface area (Å²) in [4.78, 5) is 24.8. The summed E-state index contributed by atoms with van der Waals surface area (Å²) in [5, 5.41) is 11.1. The van der Waals surface area contributed by atoms with Crippen molar-refractivity contribution in [2.24, 2.45) is 5.92 Å². The van der Waals surface area contributed by atoms with Crippen LogP contribution in [0.4, 0.5) is 17.6 Å². The predicted octanol–water partition coefficient (Wildman–Crippen LogP) is 4.35. The molecule has 0 aliphatic rings. The minimum absolute atomic E-state index is 0.287. The van der Waals surface area contributed by atoms with Gasteiger partial charge in [0.05, 0.1) is 22.8 Å². The summed E-state index contributed by atoms with van der Waals surface area (Å²) < 4.78 is 53.1. The van der Waals surface area contributed by atoms with E-state index in [1.165, 1.54) is 38.1 Å². The van der Waals surface area contributed by atoms with Gasteiger partial charge in [0.1, 0.15) is 5.82 Å². The van der Waals surface area contributed by atoms with Gasteiger partial charge in [0.2, 0.25) is 0 Å². The third-order valence-corrected chi connectivity index (χ3v) is 4.37. The Kier molecular flexibility index (Phi) is 6.19. The predicted molar refractivity (Wildman–Crippen MR) is 93.0 cm³/mol. The number of amides is 1. The lowest BCUT2D eigenvalue weighted by Crippen LogP contribution is -2.41. The molecule has 2 aromatic carbocycles. The fraction of sp³-hybridized carbons (Fsp3) is 0.250. The molecule has 8 heteroatoms. The normalized spacial score (nSPS) is 13.3. The fourth-order valence-electron chi connectivity index (χ4n) is 2.59. The number of carbonyl (C=O) groups excluding carboxylic acids is 2. The van der Waals surface area contributed by atoms with Crippen LogP contribution in [0.5, 0.6) is 0 Å². The molecule has 0 radical (unpaired) electrons. The van der Waals surface area contributed by atoms with E-state index in [0.29, 0.717) is 11.6 Å². The van der Waals surface area contributed by atoms with Gasteiger partial charge in [0.15, 0.2) is 5.78 Å². The minimum Gasteiger partial charge on any atom is -0.349 e. The number of hydrogen-bond donors (Lipinski definition) is 1. The molecule has 1 N–H and O–H groups in total. The van der Waals surface area contributed by atoms with Crippen molar-refractivity contribution in [3.63, 3.8) is 0 Å². The number of nitriles is 1. The molecule has 2 rings (SSSR count). The summed E-state index contributed by atoms with van der Waals surface area (Å²) in [5.74, 6) is -3.72. The third-order valence-electron chi connectivity index (χ3n) is 4.37. The van der Waals surface area contributed by atoms with Crippen LogP contribution in [0.2, 0.25) is 0 Å². The number of halogens is 4. The minimum atomic E-state index is -4.90. The molecule has 4 nitrogen and oxygen atoms in total. The number of rotatable bonds is 5. The Labute approximate surface area is 158 Å². The summed E-state index contributed by atoms with van der Waals surface area (Å²) in [6.45, 7) is 2.94. The first-order valence-electron chi connectivity index (χ1n) is 8.27. The van der Waals surface area contributed by atoms with Gasteiger partial charge >= 0.3 is 6.18 Å². The molecule has 0 bridgehead atoms. The Morgan fingerprint density at radius 1 is 1.07 bits per heavy atom. The molecule has 0 aliphatic heterocycles. The van der Waals surface area contributed by atoms with Gasteiger partial charge in [-0.05, 0) is 31.2 Å². The van der Waals surface area contributed by atoms with Crippen molar-refractivity contribution in [3.8, 4) is 6.07 Å². The van der Waals surface area contributed by atoms with E-state index in [2.05, 4.69) is 5.32 Å². The molecule has 2 unspecified atom stereocenters. The topological polar surface area (TPSA) is 70.0 Å². The lowest BCUT2D eigenvalue weighted by atomic mass is 9.92. The summed E-state index contributed by atoms with van der Waals surface area (Å²) in [5.41, 5.74) is -1.84. The van der Waals surface area contributed by atoms with Crippen LogP contribution < -0.4 is 5.32 Å². The highest BCUT2D eigenvalue weighted by molar-refractivity contribution is 6.00. The Balaban J connectivity index is 2.20. The lowest BCUT2D eigenvalue weighted by Gasteiger charge is -2.22. The van der Waals surface area contributed by atoms with Crippen LogP contribution in [0.25, 0.3) is 0 Å². The summed E-state index contributed by atoms with van der Waals surface area (Å²) in [7, 11) is 0. The first-order chi connectivity index (χ1) is 13.1. The molecule has 28 heavy (non-hydrogen) atoms. The number of ketones is 1. The molecule has 1 amide bonds. The molecule has 0 saturated heterocycles. The summed E-state index contributed by atoms with van der Waals surface area (Å²) in [6, 6.07) is 9.12. The standard InChI is InChI=1S/C20H16F4N2O2/c1-11(18(27)14-8-6-13(10-25)7-9-14)12(2)26-19(28)17-15(20(22,23)24)4-3-5-16(17)21/h3-9,11-12H,1-2H3,(H,26,28). The smallest absolute Gasteiger partial charge is 0.349 e. The zero-order chi connectivity index (χ0) is 21.1. The largest absolute Gasteiger partial charge is 0.417 e. The van der Waals surface area contributed by atoms with Crippen LogP contribution >= 0.6 is 0 Å². The Bertz CT molecular complexity index is 931. The average Bonchev–Trinajstić information content (AvgIpc) is 2.65. The van der Waals surface area contributed by atoms with E-state index >= 15 is 0 Å². The zero-order valence-corrected chi connectivity index (χ0v) is 15.0. The van der Waals surface area contributed by atoms with Crippen molar-refractivity contribution in [2.75, 3.05) is 0 Å². The van der Waals surface area contributed by atoms with Gasteiger partial charge in [-0.15, -0.1) is 0 Å². The van der Waals surface area contributed by atoms with Crippen LogP contribution in [-0.4, -0.2) is 17.7 Å². The number of hydrogen-bond acceptors (Lipinski definition) is 3. The van der Waals surface area contributed by atoms with Crippen molar-refractivity contribution in [1.82, 2.24) is 5.32 Å². The third kappa shape index (κ3) is 4.55. The maximum Gasteiger partial charge on any atom is 0.417 e. The molecule has 2 aromatic rings. The van der Waals surface area contributed by atoms with E-state index < -0.39 is 41.0 Å². The second kappa shape index (κ2) is 8.21. The molecule has 0 saturated carbocycles. The van der Waals surface area contributed by atoms with E-state index in [-0.39, 0.29) is 11.3 Å². The molecule has 0 spiro atoms. The quantitative estimate of drug-likeness (QED) is 0.607. The van der Waals surface area contributed by atoms with Gasteiger partial charge in [-0.2, -0.15) is 18.4 Å². The number of carbonyl (C=O) groups is 2. The highest BCUT2D eigenvalue weighted by Crippen LogP contribution is 2.33. The SMILES string of the molecule is CC(NC(=O)c1c(F)cccc1C(F)(F)F)C(C)C(=O)c1ccc(C#N)cc1. The van der Waals surface area contributed by atoms with Crippen LogP contribution in [0.15, 0.2) is 42.5 Å². The van der Waals surface area contributed by atoms with E-state index in [1.54, 1.807) is 0 Å². The molecular weight excluding hydrogens is 376 g/mol. The number of benzene rings is 2. The van der Waals surface area contributed by atoms with E-state index in [1.807, 2.05) is 6.07 Å². The van der Waals surface area contributed by atoms with E-state index in [0.717, 1.165) is 12.1 Å². The zero-order valence-electron chi connectivity index (χ0n) is 15.0. The second-order valence-electron chi connectivity index (χ2n) is 6.26. The lowest BCUT2D eigenvalue weighted by molar-refractivity contribution is -0.138. The number of nitrogens with zero attached hydrogens (tertiary/aromatic N) is 1. The van der Waals surface area contributed by atoms with Crippen LogP contribution in [0.3, 0.4) is 0 Å². The molecule has 2 atom stereocenters. The monoisotopic (exact) mass is 392 g/mol. The van der Waals surface area contributed by atoms with Gasteiger partial charge in [-0.1, -0.05) is 25.1 Å². The van der Waals surface area contributed by atoms with Gasteiger partial charge in [-0.25, -0.2) is 4.39 Å². The maximum atomic E-state index is 13.9. The second-order valence-corrected chi connectivity index (χ2v) is 6.26. The van der Waals surface area contributed by atoms with Crippen LogP contribution in [0.1, 0.15) is 45.7 Å². The summed E-state index contributed by atoms with van der Waals surface area (Å²) in [6.07, 6.45) is -4.90. The average molecular weight is 392 g/mol. The van der Waals surface area contributed by atoms with Crippen molar-refractivity contribution in [2.45, 2.75) is 26.1 Å². The first-order valence-corrected chi connectivity index (χ1v) is 8.27. The highest BCUT2D eigenvalue weighted by atomic mass is 19.4. The maximum absolute atomic E-state index is 13.9. The van der Waals surface area contributed by atoms with E-state index in [9.17, 15) is 27.2 Å². The molecular formula is C20H16F4N2O2. The molecule has 146 valence electrons. The molecule has 0 fully saturated rings. The number of alkyl halides is 3. The molecule has 0 heterocycles. The Morgan fingerprint density at radius 2 is 1.68 bits per heavy atom. The van der Waals surface area contributed by atoms with Crippen LogP contribution in [-0.2, 0) is 6.18 Å². The Hall–Kier alpha value is -3.21. The number of Topliss-reactive ketones (excluding diaryl/α,β-unsaturated/α-hetero) is 1. The summed E-state index contributed by atoms with van der Waals surface area (Å²) >= 11 is 0. The van der Waals surface area contributed by atoms with Gasteiger partial charge in [-0.3, -0.25) is 9.59 Å². The van der Waals surface area contributed by atoms with Gasteiger partial charge in [0.25, 0.3) is 5.91 Å². The first kappa shape index (κ1) is 21.1. The highest BCUT2D eigenvalue weighted by Gasteiger charge is 2.37. The van der Waals surface area contributed by atoms with Crippen LogP contribution in [0, 0.1) is 23.1 Å². The van der Waals surface area contributed by atoms with Gasteiger partial charge in [0, 0.05) is 17.5 Å². The van der Waals surface area contributed by atoms with Crippen molar-refractivity contribution in [1.29, 1.82) is 5.26 Å². The molecule has 0 aliphatic carbocycles.